The Morgan fingerprint density at radius 3 is 2.92 bits per heavy atom. The molecule has 0 spiro atoms. The van der Waals surface area contributed by atoms with E-state index in [1.165, 1.54) is 0 Å². The molecule has 3 heteroatoms. The van der Waals surface area contributed by atoms with Crippen LogP contribution in [-0.4, -0.2) is 10.1 Å². The van der Waals surface area contributed by atoms with Crippen LogP contribution >= 0.6 is 12.2 Å². The quantitative estimate of drug-likeness (QED) is 0.505. The number of fused-ring (bicyclic) bond motifs is 1. The summed E-state index contributed by atoms with van der Waals surface area (Å²) in [5, 5.41) is 4.44. The number of thiocarbonyl (C=S) groups is 1. The van der Waals surface area contributed by atoms with Crippen molar-refractivity contribution in [2.75, 3.05) is 0 Å². The molecule has 0 unspecified atom stereocenters. The minimum atomic E-state index is 0.633. The second-order valence-corrected chi connectivity index (χ2v) is 2.74. The van der Waals surface area contributed by atoms with E-state index in [1.807, 2.05) is 30.3 Å². The number of nitrogens with zero attached hydrogens (tertiary/aromatic N) is 2. The zero-order chi connectivity index (χ0) is 9.10. The van der Waals surface area contributed by atoms with Gasteiger partial charge in [0.25, 0.3) is 0 Å². The predicted molar refractivity (Wildman–Crippen MR) is 56.4 cm³/mol. The smallest absolute Gasteiger partial charge is 0.170 e. The lowest BCUT2D eigenvalue weighted by atomic mass is 10.2. The van der Waals surface area contributed by atoms with E-state index in [0.717, 1.165) is 10.8 Å². The lowest BCUT2D eigenvalue weighted by Crippen LogP contribution is -1.76. The molecule has 2 aromatic rings. The van der Waals surface area contributed by atoms with Crippen molar-refractivity contribution in [1.82, 2.24) is 4.98 Å². The predicted octanol–water partition coefficient (Wildman–Crippen LogP) is 2.97. The van der Waals surface area contributed by atoms with Gasteiger partial charge in [0.15, 0.2) is 5.82 Å². The zero-order valence-electron chi connectivity index (χ0n) is 6.77. The molecule has 1 aromatic carbocycles. The van der Waals surface area contributed by atoms with Crippen LogP contribution in [0.1, 0.15) is 0 Å². The molecule has 13 heavy (non-hydrogen) atoms. The molecule has 0 saturated heterocycles. The maximum absolute atomic E-state index is 4.54. The minimum absolute atomic E-state index is 0.633. The summed E-state index contributed by atoms with van der Waals surface area (Å²) in [5.41, 5.74) is 0. The number of hydrogen-bond donors (Lipinski definition) is 0. The topological polar surface area (TPSA) is 25.2 Å². The van der Waals surface area contributed by atoms with E-state index in [-0.39, 0.29) is 0 Å². The number of benzene rings is 1. The van der Waals surface area contributed by atoms with Crippen molar-refractivity contribution < 1.29 is 0 Å². The third-order valence-electron chi connectivity index (χ3n) is 1.80. The van der Waals surface area contributed by atoms with Crippen LogP contribution in [0.3, 0.4) is 0 Å². The molecule has 2 rings (SSSR count). The molecule has 0 saturated carbocycles. The van der Waals surface area contributed by atoms with Crippen LogP contribution in [-0.2, 0) is 0 Å². The van der Waals surface area contributed by atoms with Gasteiger partial charge >= 0.3 is 0 Å². The van der Waals surface area contributed by atoms with Crippen LogP contribution in [0.15, 0.2) is 41.5 Å². The number of hydrogen-bond acceptors (Lipinski definition) is 3. The average molecular weight is 186 g/mol. The molecule has 0 radical (unpaired) electrons. The molecule has 0 amide bonds. The summed E-state index contributed by atoms with van der Waals surface area (Å²) in [5.74, 6) is 0.633. The van der Waals surface area contributed by atoms with Crippen LogP contribution in [0, 0.1) is 0 Å². The van der Waals surface area contributed by atoms with Gasteiger partial charge in [-0.2, -0.15) is 4.99 Å². The highest BCUT2D eigenvalue weighted by molar-refractivity contribution is 7.78. The number of aliphatic imine (C=N–C) groups is 1. The normalized spacial score (nSPS) is 9.54. The van der Waals surface area contributed by atoms with Gasteiger partial charge in [0, 0.05) is 11.6 Å². The Morgan fingerprint density at radius 2 is 2.08 bits per heavy atom. The van der Waals surface area contributed by atoms with Crippen molar-refractivity contribution in [2.45, 2.75) is 0 Å². The lowest BCUT2D eigenvalue weighted by molar-refractivity contribution is 1.31. The number of rotatable bonds is 1. The van der Waals surface area contributed by atoms with Crippen LogP contribution in [0.2, 0.25) is 0 Å². The van der Waals surface area contributed by atoms with Gasteiger partial charge in [-0.3, -0.25) is 0 Å². The van der Waals surface area contributed by atoms with E-state index >= 15 is 0 Å². The molecular weight excluding hydrogens is 180 g/mol. The highest BCUT2D eigenvalue weighted by atomic mass is 32.1. The standard InChI is InChI=1S/C10H6N2S/c13-7-12-10-9-4-2-1-3-8(9)5-6-11-10/h1-6H. The van der Waals surface area contributed by atoms with E-state index in [9.17, 15) is 0 Å². The third-order valence-corrected chi connectivity index (χ3v) is 1.90. The van der Waals surface area contributed by atoms with Crippen LogP contribution < -0.4 is 0 Å². The summed E-state index contributed by atoms with van der Waals surface area (Å²) >= 11 is 4.54. The molecule has 0 aliphatic heterocycles. The molecule has 1 heterocycles. The molecule has 0 aliphatic carbocycles. The fraction of sp³-hybridized carbons (Fsp3) is 0. The fourth-order valence-corrected chi connectivity index (χ4v) is 1.32. The number of isothiocyanates is 1. The average Bonchev–Trinajstić information content (AvgIpc) is 2.19. The maximum atomic E-state index is 4.54. The summed E-state index contributed by atoms with van der Waals surface area (Å²) in [7, 11) is 0. The molecule has 0 aliphatic rings. The highest BCUT2D eigenvalue weighted by Crippen LogP contribution is 2.21. The van der Waals surface area contributed by atoms with Crippen LogP contribution in [0.5, 0.6) is 0 Å². The van der Waals surface area contributed by atoms with E-state index in [1.54, 1.807) is 6.20 Å². The van der Waals surface area contributed by atoms with Crippen molar-refractivity contribution in [1.29, 1.82) is 0 Å². The van der Waals surface area contributed by atoms with Gasteiger partial charge in [0.1, 0.15) is 0 Å². The highest BCUT2D eigenvalue weighted by Gasteiger charge is 1.97. The molecule has 1 aromatic heterocycles. The lowest BCUT2D eigenvalue weighted by Gasteiger charge is -1.97. The van der Waals surface area contributed by atoms with E-state index in [2.05, 4.69) is 27.4 Å². The fourth-order valence-electron chi connectivity index (χ4n) is 1.24. The SMILES string of the molecule is S=C=Nc1nccc2ccccc12. The van der Waals surface area contributed by atoms with Crippen molar-refractivity contribution in [3.63, 3.8) is 0 Å². The molecule has 62 valence electrons. The monoisotopic (exact) mass is 186 g/mol. The van der Waals surface area contributed by atoms with Gasteiger partial charge in [-0.1, -0.05) is 24.3 Å². The largest absolute Gasteiger partial charge is 0.236 e. The van der Waals surface area contributed by atoms with Crippen LogP contribution in [0.25, 0.3) is 10.8 Å². The van der Waals surface area contributed by atoms with E-state index in [0.29, 0.717) is 5.82 Å². The summed E-state index contributed by atoms with van der Waals surface area (Å²) in [6.45, 7) is 0. The van der Waals surface area contributed by atoms with Crippen molar-refractivity contribution >= 4 is 34.0 Å². The Hall–Kier alpha value is -1.57. The van der Waals surface area contributed by atoms with Crippen molar-refractivity contribution in [3.8, 4) is 0 Å². The first-order chi connectivity index (χ1) is 6.42. The summed E-state index contributed by atoms with van der Waals surface area (Å²) in [6.07, 6.45) is 1.72. The molecular formula is C10H6N2S. The first-order valence-electron chi connectivity index (χ1n) is 3.83. The molecule has 0 atom stereocenters. The van der Waals surface area contributed by atoms with Gasteiger partial charge < -0.3 is 0 Å². The van der Waals surface area contributed by atoms with Crippen molar-refractivity contribution in [3.05, 3.63) is 36.5 Å². The van der Waals surface area contributed by atoms with Gasteiger partial charge in [-0.05, 0) is 23.7 Å². The molecule has 0 N–H and O–H groups in total. The van der Waals surface area contributed by atoms with E-state index in [4.69, 9.17) is 0 Å². The Morgan fingerprint density at radius 1 is 1.23 bits per heavy atom. The van der Waals surface area contributed by atoms with Crippen LogP contribution in [0.4, 0.5) is 5.82 Å². The zero-order valence-corrected chi connectivity index (χ0v) is 7.58. The minimum Gasteiger partial charge on any atom is -0.236 e. The Kier molecular flexibility index (Phi) is 2.13. The molecule has 0 fully saturated rings. The first kappa shape index (κ1) is 8.05. The van der Waals surface area contributed by atoms with Gasteiger partial charge in [0.2, 0.25) is 0 Å². The van der Waals surface area contributed by atoms with Crippen molar-refractivity contribution in [2.24, 2.45) is 4.99 Å². The van der Waals surface area contributed by atoms with E-state index < -0.39 is 0 Å². The Labute approximate surface area is 81.0 Å². The van der Waals surface area contributed by atoms with Gasteiger partial charge in [-0.25, -0.2) is 4.98 Å². The third kappa shape index (κ3) is 1.47. The number of pyridine rings is 1. The summed E-state index contributed by atoms with van der Waals surface area (Å²) < 4.78 is 0. The Bertz CT molecular complexity index is 482. The maximum Gasteiger partial charge on any atom is 0.170 e. The number of aromatic nitrogens is 1. The first-order valence-corrected chi connectivity index (χ1v) is 4.24. The molecule has 2 nitrogen and oxygen atoms in total. The molecule has 0 bridgehead atoms. The Balaban J connectivity index is 2.82. The summed E-state index contributed by atoms with van der Waals surface area (Å²) in [4.78, 5) is 7.99. The van der Waals surface area contributed by atoms with Gasteiger partial charge in [-0.15, -0.1) is 0 Å². The summed E-state index contributed by atoms with van der Waals surface area (Å²) in [6, 6.07) is 9.85. The van der Waals surface area contributed by atoms with Gasteiger partial charge in [0.05, 0.1) is 5.16 Å². The second kappa shape index (κ2) is 3.44. The second-order valence-electron chi connectivity index (χ2n) is 2.56.